The van der Waals surface area contributed by atoms with Crippen LogP contribution in [0.2, 0.25) is 0 Å². The number of aliphatic hydroxyl groups excluding tert-OH is 1. The maximum absolute atomic E-state index is 12.1. The Balaban J connectivity index is 1.77. The van der Waals surface area contributed by atoms with E-state index in [1.54, 1.807) is 20.2 Å². The first kappa shape index (κ1) is 16.8. The fraction of sp³-hybridized carbons (Fsp3) is 0.438. The van der Waals surface area contributed by atoms with Crippen molar-refractivity contribution in [1.29, 1.82) is 0 Å². The first-order chi connectivity index (χ1) is 11.4. The molecule has 1 fully saturated rings. The largest absolute Gasteiger partial charge is 0.477 e. The van der Waals surface area contributed by atoms with Crippen LogP contribution in [-0.2, 0) is 15.3 Å². The van der Waals surface area contributed by atoms with Crippen LogP contribution in [0.5, 0.6) is 0 Å². The Morgan fingerprint density at radius 1 is 1.58 bits per heavy atom. The lowest BCUT2D eigenvalue weighted by molar-refractivity contribution is -0.161. The van der Waals surface area contributed by atoms with Crippen LogP contribution in [0.4, 0.5) is 5.82 Å². The van der Waals surface area contributed by atoms with Gasteiger partial charge in [0.25, 0.3) is 0 Å². The zero-order valence-corrected chi connectivity index (χ0v) is 14.2. The molecule has 1 amide bonds. The molecule has 1 saturated heterocycles. The molecular weight excluding hydrogens is 330 g/mol. The fourth-order valence-electron chi connectivity index (χ4n) is 3.23. The van der Waals surface area contributed by atoms with Crippen LogP contribution in [0, 0.1) is 5.92 Å². The van der Waals surface area contributed by atoms with Crippen molar-refractivity contribution in [3.8, 4) is 0 Å². The van der Waals surface area contributed by atoms with E-state index in [1.807, 2.05) is 12.1 Å². The molecule has 0 aliphatic carbocycles. The summed E-state index contributed by atoms with van der Waals surface area (Å²) in [5.41, 5.74) is 1.08. The standard InChI is InChI=1S/C16H19N3O4S/c1-8(20)13-10-6-11(14(16(22)23)19(10)15(13)21)24-7-9-3-4-18-12(5-9)17-2/h3-5,8,10,13,20H,6-7H2,1-2H3,(H,17,18)(H,22,23)/t8-,10+,13-/m1/s1. The normalized spacial score (nSPS) is 23.8. The number of carbonyl (C=O) groups is 2. The third kappa shape index (κ3) is 2.76. The molecule has 2 aliphatic heterocycles. The van der Waals surface area contributed by atoms with Crippen LogP contribution in [0.3, 0.4) is 0 Å². The van der Waals surface area contributed by atoms with Crippen LogP contribution >= 0.6 is 11.8 Å². The number of anilines is 1. The lowest BCUT2D eigenvalue weighted by Gasteiger charge is -2.44. The van der Waals surface area contributed by atoms with Gasteiger partial charge in [-0.15, -0.1) is 11.8 Å². The van der Waals surface area contributed by atoms with Gasteiger partial charge in [-0.05, 0) is 24.6 Å². The van der Waals surface area contributed by atoms with Crippen molar-refractivity contribution in [3.05, 3.63) is 34.5 Å². The second-order valence-electron chi connectivity index (χ2n) is 5.91. The van der Waals surface area contributed by atoms with E-state index in [9.17, 15) is 19.8 Å². The van der Waals surface area contributed by atoms with E-state index < -0.39 is 18.0 Å². The molecule has 1 aromatic heterocycles. The highest BCUT2D eigenvalue weighted by Gasteiger charge is 2.56. The Morgan fingerprint density at radius 2 is 2.33 bits per heavy atom. The molecule has 0 radical (unpaired) electrons. The van der Waals surface area contributed by atoms with Crippen LogP contribution in [0.25, 0.3) is 0 Å². The van der Waals surface area contributed by atoms with Crippen molar-refractivity contribution >= 4 is 29.5 Å². The maximum Gasteiger partial charge on any atom is 0.353 e. The van der Waals surface area contributed by atoms with E-state index in [0.717, 1.165) is 11.4 Å². The first-order valence-corrected chi connectivity index (χ1v) is 8.65. The summed E-state index contributed by atoms with van der Waals surface area (Å²) < 4.78 is 0. The molecule has 3 N–H and O–H groups in total. The van der Waals surface area contributed by atoms with Gasteiger partial charge in [0.05, 0.1) is 18.1 Å². The van der Waals surface area contributed by atoms with Gasteiger partial charge in [-0.3, -0.25) is 4.79 Å². The Labute approximate surface area is 143 Å². The summed E-state index contributed by atoms with van der Waals surface area (Å²) in [6.07, 6.45) is 1.41. The minimum absolute atomic E-state index is 0.0646. The number of aliphatic hydroxyl groups is 1. The van der Waals surface area contributed by atoms with E-state index in [4.69, 9.17) is 0 Å². The summed E-state index contributed by atoms with van der Waals surface area (Å²) in [4.78, 5) is 29.9. The van der Waals surface area contributed by atoms with Gasteiger partial charge < -0.3 is 20.4 Å². The molecule has 7 nitrogen and oxygen atoms in total. The van der Waals surface area contributed by atoms with Gasteiger partial charge in [-0.1, -0.05) is 0 Å². The molecule has 0 spiro atoms. The van der Waals surface area contributed by atoms with Gasteiger partial charge in [0, 0.05) is 30.3 Å². The summed E-state index contributed by atoms with van der Waals surface area (Å²) in [7, 11) is 1.79. The van der Waals surface area contributed by atoms with Gasteiger partial charge in [-0.25, -0.2) is 9.78 Å². The molecule has 3 rings (SSSR count). The van der Waals surface area contributed by atoms with Crippen molar-refractivity contribution in [2.24, 2.45) is 5.92 Å². The Hall–Kier alpha value is -2.06. The van der Waals surface area contributed by atoms with Crippen molar-refractivity contribution < 1.29 is 19.8 Å². The lowest BCUT2D eigenvalue weighted by Crippen LogP contribution is -2.61. The average molecular weight is 349 g/mol. The Morgan fingerprint density at radius 3 is 2.96 bits per heavy atom. The van der Waals surface area contributed by atoms with Crippen LogP contribution in [-0.4, -0.2) is 51.2 Å². The quantitative estimate of drug-likeness (QED) is 0.665. The Kier molecular flexibility index (Phi) is 4.51. The zero-order chi connectivity index (χ0) is 17.4. The highest BCUT2D eigenvalue weighted by atomic mass is 32.2. The molecule has 0 aromatic carbocycles. The molecule has 0 saturated carbocycles. The van der Waals surface area contributed by atoms with Crippen molar-refractivity contribution in [2.75, 3.05) is 12.4 Å². The van der Waals surface area contributed by atoms with Gasteiger partial charge in [0.2, 0.25) is 5.91 Å². The molecule has 24 heavy (non-hydrogen) atoms. The van der Waals surface area contributed by atoms with Crippen LogP contribution in [0.15, 0.2) is 28.9 Å². The topological polar surface area (TPSA) is 103 Å². The van der Waals surface area contributed by atoms with E-state index in [-0.39, 0.29) is 17.6 Å². The minimum Gasteiger partial charge on any atom is -0.477 e. The molecule has 3 atom stereocenters. The number of aromatic nitrogens is 1. The lowest BCUT2D eigenvalue weighted by atomic mass is 9.83. The van der Waals surface area contributed by atoms with E-state index >= 15 is 0 Å². The number of fused-ring (bicyclic) bond motifs is 1. The summed E-state index contributed by atoms with van der Waals surface area (Å²) >= 11 is 1.42. The smallest absolute Gasteiger partial charge is 0.353 e. The summed E-state index contributed by atoms with van der Waals surface area (Å²) in [6.45, 7) is 1.57. The van der Waals surface area contributed by atoms with Crippen molar-refractivity contribution in [1.82, 2.24) is 9.88 Å². The van der Waals surface area contributed by atoms with E-state index in [2.05, 4.69) is 10.3 Å². The summed E-state index contributed by atoms with van der Waals surface area (Å²) in [5.74, 6) is -0.556. The molecule has 1 aromatic rings. The van der Waals surface area contributed by atoms with E-state index in [0.29, 0.717) is 17.1 Å². The first-order valence-electron chi connectivity index (χ1n) is 7.67. The number of carboxylic acids is 1. The number of thioether (sulfide) groups is 1. The number of carbonyl (C=O) groups excluding carboxylic acids is 1. The molecule has 8 heteroatoms. The second-order valence-corrected chi connectivity index (χ2v) is 6.98. The van der Waals surface area contributed by atoms with Gasteiger partial charge in [-0.2, -0.15) is 0 Å². The van der Waals surface area contributed by atoms with Crippen LogP contribution < -0.4 is 5.32 Å². The monoisotopic (exact) mass is 349 g/mol. The molecular formula is C16H19N3O4S. The number of nitrogens with one attached hydrogen (secondary N) is 1. The van der Waals surface area contributed by atoms with Gasteiger partial charge in [0.1, 0.15) is 11.5 Å². The highest BCUT2D eigenvalue weighted by Crippen LogP contribution is 2.47. The van der Waals surface area contributed by atoms with Crippen molar-refractivity contribution in [2.45, 2.75) is 31.2 Å². The number of nitrogens with zero attached hydrogens (tertiary/aromatic N) is 2. The molecule has 2 aliphatic rings. The van der Waals surface area contributed by atoms with E-state index in [1.165, 1.54) is 16.7 Å². The van der Waals surface area contributed by atoms with Crippen molar-refractivity contribution in [3.63, 3.8) is 0 Å². The number of hydrogen-bond donors (Lipinski definition) is 3. The SMILES string of the molecule is CNc1cc(CSC2=C(C(=O)O)N3C(=O)[C@H]([C@@H](C)O)[C@@H]3C2)ccn1. The number of pyridine rings is 1. The summed E-state index contributed by atoms with van der Waals surface area (Å²) in [5, 5.41) is 22.2. The number of amides is 1. The predicted octanol–water partition coefficient (Wildman–Crippen LogP) is 1.26. The predicted molar refractivity (Wildman–Crippen MR) is 90.2 cm³/mol. The maximum atomic E-state index is 12.1. The second kappa shape index (κ2) is 6.45. The number of carboxylic acid groups (broad SMARTS) is 1. The highest BCUT2D eigenvalue weighted by molar-refractivity contribution is 8.02. The fourth-order valence-corrected chi connectivity index (χ4v) is 4.36. The Bertz CT molecular complexity index is 719. The van der Waals surface area contributed by atoms with Gasteiger partial charge >= 0.3 is 5.97 Å². The average Bonchev–Trinajstić information content (AvgIpc) is 2.87. The summed E-state index contributed by atoms with van der Waals surface area (Å²) in [6, 6.07) is 3.54. The minimum atomic E-state index is -1.09. The third-order valence-electron chi connectivity index (χ3n) is 4.38. The number of aliphatic carboxylic acids is 1. The third-order valence-corrected chi connectivity index (χ3v) is 5.57. The van der Waals surface area contributed by atoms with Crippen LogP contribution in [0.1, 0.15) is 18.9 Å². The molecule has 0 unspecified atom stereocenters. The number of hydrogen-bond acceptors (Lipinski definition) is 6. The number of rotatable bonds is 6. The van der Waals surface area contributed by atoms with Gasteiger partial charge in [0.15, 0.2) is 0 Å². The zero-order valence-electron chi connectivity index (χ0n) is 13.4. The molecule has 3 heterocycles. The number of β-lactam (4-membered cyclic amide) rings is 1. The molecule has 0 bridgehead atoms. The molecule has 128 valence electrons.